The summed E-state index contributed by atoms with van der Waals surface area (Å²) in [5.41, 5.74) is 3.81. The Hall–Kier alpha value is -2.67. The van der Waals surface area contributed by atoms with E-state index in [4.69, 9.17) is 0 Å². The van der Waals surface area contributed by atoms with Gasteiger partial charge in [-0.2, -0.15) is 0 Å². The first-order valence-corrected chi connectivity index (χ1v) is 10.7. The van der Waals surface area contributed by atoms with E-state index < -0.39 is 21.8 Å². The molecule has 0 fully saturated rings. The predicted octanol–water partition coefficient (Wildman–Crippen LogP) is 3.75. The molecular formula is C21H25FN2O3S. The quantitative estimate of drug-likeness (QED) is 0.738. The summed E-state index contributed by atoms with van der Waals surface area (Å²) in [4.78, 5) is 12.3. The lowest BCUT2D eigenvalue weighted by atomic mass is 10.00. The van der Waals surface area contributed by atoms with Crippen LogP contribution in [0.3, 0.4) is 0 Å². The molecule has 0 aliphatic carbocycles. The SMILES string of the molecule is Cc1ccc(/C=C/CNC(=O)C(C)c2ccc(NS(C)(=O)=O)c(F)c2)cc1C. The normalized spacial score (nSPS) is 12.8. The molecule has 0 saturated carbocycles. The van der Waals surface area contributed by atoms with Gasteiger partial charge in [0.1, 0.15) is 5.82 Å². The van der Waals surface area contributed by atoms with Crippen LogP contribution >= 0.6 is 0 Å². The van der Waals surface area contributed by atoms with Crippen molar-refractivity contribution in [3.8, 4) is 0 Å². The summed E-state index contributed by atoms with van der Waals surface area (Å²) in [7, 11) is -3.57. The molecule has 2 N–H and O–H groups in total. The Bertz CT molecular complexity index is 1000. The molecule has 2 aromatic carbocycles. The van der Waals surface area contributed by atoms with Crippen molar-refractivity contribution < 1.29 is 17.6 Å². The van der Waals surface area contributed by atoms with Crippen LogP contribution in [0.15, 0.2) is 42.5 Å². The number of anilines is 1. The maximum absolute atomic E-state index is 14.1. The van der Waals surface area contributed by atoms with Gasteiger partial charge in [0.15, 0.2) is 0 Å². The van der Waals surface area contributed by atoms with Crippen molar-refractivity contribution in [3.63, 3.8) is 0 Å². The maximum atomic E-state index is 14.1. The molecule has 0 spiro atoms. The molecule has 150 valence electrons. The highest BCUT2D eigenvalue weighted by molar-refractivity contribution is 7.92. The van der Waals surface area contributed by atoms with E-state index in [1.165, 1.54) is 29.3 Å². The van der Waals surface area contributed by atoms with Crippen molar-refractivity contribution in [2.45, 2.75) is 26.7 Å². The Kier molecular flexibility index (Phi) is 6.96. The van der Waals surface area contributed by atoms with Gasteiger partial charge in [0.25, 0.3) is 0 Å². The van der Waals surface area contributed by atoms with Crippen molar-refractivity contribution in [1.82, 2.24) is 5.32 Å². The molecule has 0 aliphatic rings. The first-order chi connectivity index (χ1) is 13.1. The van der Waals surface area contributed by atoms with Gasteiger partial charge in [-0.15, -0.1) is 0 Å². The number of carbonyl (C=O) groups excluding carboxylic acids is 1. The van der Waals surface area contributed by atoms with Crippen LogP contribution in [0, 0.1) is 19.7 Å². The lowest BCUT2D eigenvalue weighted by molar-refractivity contribution is -0.122. The zero-order valence-electron chi connectivity index (χ0n) is 16.4. The second-order valence-electron chi connectivity index (χ2n) is 6.83. The van der Waals surface area contributed by atoms with Crippen LogP contribution in [-0.2, 0) is 14.8 Å². The molecule has 0 saturated heterocycles. The summed E-state index contributed by atoms with van der Waals surface area (Å²) in [5.74, 6) is -1.54. The standard InChI is InChI=1S/C21H25FN2O3S/c1-14-7-8-17(12-15(14)2)6-5-11-23-21(25)16(3)18-9-10-20(19(22)13-18)24-28(4,26)27/h5-10,12-13,16,24H,11H2,1-4H3,(H,23,25)/b6-5+. The molecule has 2 rings (SSSR count). The Labute approximate surface area is 165 Å². The monoisotopic (exact) mass is 404 g/mol. The number of rotatable bonds is 7. The third-order valence-corrected chi connectivity index (χ3v) is 5.01. The first-order valence-electron chi connectivity index (χ1n) is 8.85. The third-order valence-electron chi connectivity index (χ3n) is 4.42. The Balaban J connectivity index is 1.95. The average Bonchev–Trinajstić information content (AvgIpc) is 2.61. The van der Waals surface area contributed by atoms with E-state index >= 15 is 0 Å². The smallest absolute Gasteiger partial charge is 0.229 e. The molecule has 0 bridgehead atoms. The minimum atomic E-state index is -3.57. The number of aryl methyl sites for hydroxylation is 2. The second kappa shape index (κ2) is 9.01. The molecule has 0 heterocycles. The van der Waals surface area contributed by atoms with Crippen LogP contribution in [-0.4, -0.2) is 27.1 Å². The summed E-state index contributed by atoms with van der Waals surface area (Å²) >= 11 is 0. The molecule has 0 aromatic heterocycles. The second-order valence-corrected chi connectivity index (χ2v) is 8.57. The summed E-state index contributed by atoms with van der Waals surface area (Å²) in [6, 6.07) is 10.2. The van der Waals surface area contributed by atoms with E-state index in [0.29, 0.717) is 12.1 Å². The molecule has 1 unspecified atom stereocenters. The fourth-order valence-corrected chi connectivity index (χ4v) is 3.18. The number of benzene rings is 2. The average molecular weight is 405 g/mol. The fraction of sp³-hybridized carbons (Fsp3) is 0.286. The minimum Gasteiger partial charge on any atom is -0.352 e. The molecule has 1 amide bonds. The number of hydrogen-bond donors (Lipinski definition) is 2. The molecule has 7 heteroatoms. The zero-order chi connectivity index (χ0) is 20.9. The third kappa shape index (κ3) is 6.20. The minimum absolute atomic E-state index is 0.143. The van der Waals surface area contributed by atoms with Crippen LogP contribution < -0.4 is 10.0 Å². The van der Waals surface area contributed by atoms with Crippen LogP contribution in [0.25, 0.3) is 6.08 Å². The molecular weight excluding hydrogens is 379 g/mol. The van der Waals surface area contributed by atoms with Crippen molar-refractivity contribution in [1.29, 1.82) is 0 Å². The van der Waals surface area contributed by atoms with Gasteiger partial charge in [0, 0.05) is 6.54 Å². The molecule has 5 nitrogen and oxygen atoms in total. The van der Waals surface area contributed by atoms with E-state index in [9.17, 15) is 17.6 Å². The van der Waals surface area contributed by atoms with Crippen LogP contribution in [0.2, 0.25) is 0 Å². The molecule has 28 heavy (non-hydrogen) atoms. The largest absolute Gasteiger partial charge is 0.352 e. The zero-order valence-corrected chi connectivity index (χ0v) is 17.2. The Morgan fingerprint density at radius 1 is 1.14 bits per heavy atom. The van der Waals surface area contributed by atoms with Gasteiger partial charge >= 0.3 is 0 Å². The van der Waals surface area contributed by atoms with Crippen LogP contribution in [0.5, 0.6) is 0 Å². The van der Waals surface area contributed by atoms with E-state index in [-0.39, 0.29) is 11.6 Å². The number of sulfonamides is 1. The highest BCUT2D eigenvalue weighted by Gasteiger charge is 2.17. The topological polar surface area (TPSA) is 75.3 Å². The highest BCUT2D eigenvalue weighted by Crippen LogP contribution is 2.22. The number of nitrogens with one attached hydrogen (secondary N) is 2. The number of hydrogen-bond acceptors (Lipinski definition) is 3. The van der Waals surface area contributed by atoms with Gasteiger partial charge in [-0.05, 0) is 55.2 Å². The van der Waals surface area contributed by atoms with Crippen LogP contribution in [0.4, 0.5) is 10.1 Å². The lowest BCUT2D eigenvalue weighted by Crippen LogP contribution is -2.28. The van der Waals surface area contributed by atoms with E-state index in [0.717, 1.165) is 11.8 Å². The molecule has 0 radical (unpaired) electrons. The number of amides is 1. The summed E-state index contributed by atoms with van der Waals surface area (Å²) in [5, 5.41) is 2.79. The van der Waals surface area contributed by atoms with Crippen molar-refractivity contribution >= 4 is 27.7 Å². The summed E-state index contributed by atoms with van der Waals surface area (Å²) in [6.07, 6.45) is 4.74. The number of carbonyl (C=O) groups is 1. The maximum Gasteiger partial charge on any atom is 0.229 e. The molecule has 2 aromatic rings. The van der Waals surface area contributed by atoms with Crippen LogP contribution in [0.1, 0.15) is 35.1 Å². The Morgan fingerprint density at radius 3 is 2.46 bits per heavy atom. The number of halogens is 1. The van der Waals surface area contributed by atoms with Gasteiger partial charge in [-0.1, -0.05) is 36.4 Å². The van der Waals surface area contributed by atoms with Gasteiger partial charge < -0.3 is 5.32 Å². The van der Waals surface area contributed by atoms with Gasteiger partial charge in [-0.3, -0.25) is 9.52 Å². The first kappa shape index (κ1) is 21.6. The summed E-state index contributed by atoms with van der Waals surface area (Å²) in [6.45, 7) is 6.12. The predicted molar refractivity (Wildman–Crippen MR) is 111 cm³/mol. The molecule has 0 aliphatic heterocycles. The molecule has 1 atom stereocenters. The Morgan fingerprint density at radius 2 is 1.86 bits per heavy atom. The van der Waals surface area contributed by atoms with Crippen molar-refractivity contribution in [2.24, 2.45) is 0 Å². The lowest BCUT2D eigenvalue weighted by Gasteiger charge is -2.13. The highest BCUT2D eigenvalue weighted by atomic mass is 32.2. The van der Waals surface area contributed by atoms with Gasteiger partial charge in [0.05, 0.1) is 17.9 Å². The summed E-state index contributed by atoms with van der Waals surface area (Å²) < 4.78 is 38.6. The van der Waals surface area contributed by atoms with E-state index in [1.807, 2.05) is 31.2 Å². The van der Waals surface area contributed by atoms with Crippen molar-refractivity contribution in [3.05, 3.63) is 70.5 Å². The van der Waals surface area contributed by atoms with E-state index in [2.05, 4.69) is 23.0 Å². The van der Waals surface area contributed by atoms with Gasteiger partial charge in [-0.25, -0.2) is 12.8 Å². The fourth-order valence-electron chi connectivity index (χ4n) is 2.61. The van der Waals surface area contributed by atoms with Gasteiger partial charge in [0.2, 0.25) is 15.9 Å². The van der Waals surface area contributed by atoms with E-state index in [1.54, 1.807) is 6.92 Å². The van der Waals surface area contributed by atoms with Crippen molar-refractivity contribution in [2.75, 3.05) is 17.5 Å².